The second kappa shape index (κ2) is 4.66. The third-order valence-electron chi connectivity index (χ3n) is 1.04. The topological polar surface area (TPSA) is 64.7 Å². The standard InChI is InChI=1S/C7H17NO3/c1-7(2,3)11-6(4-8)5-10-9/h6,9H,4-5,8H2,1-3H3/t6-/m0/s1. The highest BCUT2D eigenvalue weighted by Crippen LogP contribution is 2.09. The molecule has 0 spiro atoms. The summed E-state index contributed by atoms with van der Waals surface area (Å²) >= 11 is 0. The molecule has 11 heavy (non-hydrogen) atoms. The largest absolute Gasteiger partial charge is 0.369 e. The van der Waals surface area contributed by atoms with Crippen LogP contribution in [0, 0.1) is 0 Å². The zero-order chi connectivity index (χ0) is 8.91. The molecule has 0 saturated heterocycles. The molecule has 0 fully saturated rings. The van der Waals surface area contributed by atoms with Crippen LogP contribution in [0.5, 0.6) is 0 Å². The maximum absolute atomic E-state index is 8.13. The Morgan fingerprint density at radius 2 is 2.00 bits per heavy atom. The van der Waals surface area contributed by atoms with Crippen molar-refractivity contribution in [2.24, 2.45) is 5.73 Å². The maximum atomic E-state index is 8.13. The van der Waals surface area contributed by atoms with Gasteiger partial charge in [0.05, 0.1) is 11.7 Å². The summed E-state index contributed by atoms with van der Waals surface area (Å²) in [4.78, 5) is 3.94. The van der Waals surface area contributed by atoms with Gasteiger partial charge in [-0.05, 0) is 20.8 Å². The van der Waals surface area contributed by atoms with Gasteiger partial charge in [-0.3, -0.25) is 5.26 Å². The first-order chi connectivity index (χ1) is 4.99. The molecule has 0 aliphatic heterocycles. The lowest BCUT2D eigenvalue weighted by Crippen LogP contribution is -2.35. The molecule has 0 bridgehead atoms. The molecule has 0 aromatic rings. The molecule has 68 valence electrons. The molecule has 0 radical (unpaired) electrons. The predicted octanol–water partition coefficient (Wildman–Crippen LogP) is 0.618. The Balaban J connectivity index is 3.68. The molecule has 0 aliphatic rings. The summed E-state index contributed by atoms with van der Waals surface area (Å²) in [6, 6.07) is 0. The van der Waals surface area contributed by atoms with Crippen LogP contribution in [0.25, 0.3) is 0 Å². The highest BCUT2D eigenvalue weighted by Gasteiger charge is 2.17. The molecule has 4 nitrogen and oxygen atoms in total. The molecule has 0 saturated carbocycles. The van der Waals surface area contributed by atoms with E-state index in [1.165, 1.54) is 0 Å². The lowest BCUT2D eigenvalue weighted by molar-refractivity contribution is -0.265. The smallest absolute Gasteiger partial charge is 0.109 e. The zero-order valence-corrected chi connectivity index (χ0v) is 7.33. The van der Waals surface area contributed by atoms with E-state index < -0.39 is 0 Å². The summed E-state index contributed by atoms with van der Waals surface area (Å²) in [5.74, 6) is 0. The van der Waals surface area contributed by atoms with Crippen molar-refractivity contribution >= 4 is 0 Å². The van der Waals surface area contributed by atoms with Gasteiger partial charge in [-0.1, -0.05) is 0 Å². The molecular weight excluding hydrogens is 146 g/mol. The first kappa shape index (κ1) is 10.8. The van der Waals surface area contributed by atoms with E-state index in [0.29, 0.717) is 6.54 Å². The highest BCUT2D eigenvalue weighted by molar-refractivity contribution is 4.65. The van der Waals surface area contributed by atoms with Crippen LogP contribution < -0.4 is 5.73 Å². The van der Waals surface area contributed by atoms with Gasteiger partial charge in [0, 0.05) is 6.54 Å². The summed E-state index contributed by atoms with van der Waals surface area (Å²) < 4.78 is 5.42. The van der Waals surface area contributed by atoms with Gasteiger partial charge in [-0.25, -0.2) is 4.89 Å². The van der Waals surface area contributed by atoms with Crippen molar-refractivity contribution in [1.29, 1.82) is 0 Å². The fourth-order valence-corrected chi connectivity index (χ4v) is 0.733. The Hall–Kier alpha value is -0.160. The fourth-order valence-electron chi connectivity index (χ4n) is 0.733. The van der Waals surface area contributed by atoms with Crippen LogP contribution >= 0.6 is 0 Å². The van der Waals surface area contributed by atoms with E-state index in [4.69, 9.17) is 15.7 Å². The summed E-state index contributed by atoms with van der Waals surface area (Å²) in [6.45, 7) is 6.23. The minimum absolute atomic E-state index is 0.119. The second-order valence-electron chi connectivity index (χ2n) is 3.38. The Labute approximate surface area is 67.2 Å². The van der Waals surface area contributed by atoms with Crippen LogP contribution in [0.2, 0.25) is 0 Å². The van der Waals surface area contributed by atoms with Gasteiger partial charge in [0.1, 0.15) is 6.61 Å². The molecule has 0 aliphatic carbocycles. The lowest BCUT2D eigenvalue weighted by atomic mass is 10.2. The zero-order valence-electron chi connectivity index (χ0n) is 7.33. The normalized spacial score (nSPS) is 15.0. The van der Waals surface area contributed by atoms with Crippen LogP contribution in [0.1, 0.15) is 20.8 Å². The molecule has 0 amide bonds. The average molecular weight is 163 g/mol. The van der Waals surface area contributed by atoms with Crippen molar-refractivity contribution in [2.75, 3.05) is 13.2 Å². The van der Waals surface area contributed by atoms with Gasteiger partial charge in [0.15, 0.2) is 0 Å². The van der Waals surface area contributed by atoms with E-state index in [-0.39, 0.29) is 18.3 Å². The van der Waals surface area contributed by atoms with Crippen molar-refractivity contribution in [3.05, 3.63) is 0 Å². The Morgan fingerprint density at radius 3 is 2.27 bits per heavy atom. The van der Waals surface area contributed by atoms with Gasteiger partial charge >= 0.3 is 0 Å². The van der Waals surface area contributed by atoms with Crippen molar-refractivity contribution in [3.8, 4) is 0 Å². The number of nitrogens with two attached hydrogens (primary N) is 1. The van der Waals surface area contributed by atoms with Crippen molar-refractivity contribution in [3.63, 3.8) is 0 Å². The molecule has 3 N–H and O–H groups in total. The van der Waals surface area contributed by atoms with E-state index >= 15 is 0 Å². The summed E-state index contributed by atoms with van der Waals surface area (Å²) in [7, 11) is 0. The molecular formula is C7H17NO3. The van der Waals surface area contributed by atoms with E-state index in [0.717, 1.165) is 0 Å². The number of hydrogen-bond donors (Lipinski definition) is 2. The van der Waals surface area contributed by atoms with Gasteiger partial charge in [-0.2, -0.15) is 0 Å². The fraction of sp³-hybridized carbons (Fsp3) is 1.00. The SMILES string of the molecule is CC(C)(C)O[C@@H](CN)COO. The van der Waals surface area contributed by atoms with Crippen molar-refractivity contribution in [2.45, 2.75) is 32.5 Å². The van der Waals surface area contributed by atoms with Crippen molar-refractivity contribution in [1.82, 2.24) is 0 Å². The predicted molar refractivity (Wildman–Crippen MR) is 42.3 cm³/mol. The van der Waals surface area contributed by atoms with Gasteiger partial charge in [0.25, 0.3) is 0 Å². The molecule has 0 aromatic carbocycles. The average Bonchev–Trinajstić information content (AvgIpc) is 1.84. The lowest BCUT2D eigenvalue weighted by Gasteiger charge is -2.25. The van der Waals surface area contributed by atoms with Crippen LogP contribution in [0.3, 0.4) is 0 Å². The minimum Gasteiger partial charge on any atom is -0.369 e. The number of hydrogen-bond acceptors (Lipinski definition) is 4. The second-order valence-corrected chi connectivity index (χ2v) is 3.38. The molecule has 0 aromatic heterocycles. The third kappa shape index (κ3) is 6.25. The Morgan fingerprint density at radius 1 is 1.45 bits per heavy atom. The summed E-state index contributed by atoms with van der Waals surface area (Å²) in [5.41, 5.74) is 5.10. The first-order valence-electron chi connectivity index (χ1n) is 3.64. The van der Waals surface area contributed by atoms with E-state index in [1.54, 1.807) is 0 Å². The van der Waals surface area contributed by atoms with Crippen LogP contribution in [0.15, 0.2) is 0 Å². The van der Waals surface area contributed by atoms with E-state index in [1.807, 2.05) is 20.8 Å². The summed E-state index contributed by atoms with van der Waals surface area (Å²) in [6.07, 6.45) is -0.236. The van der Waals surface area contributed by atoms with Gasteiger partial charge in [0.2, 0.25) is 0 Å². The van der Waals surface area contributed by atoms with Crippen LogP contribution in [0.4, 0.5) is 0 Å². The van der Waals surface area contributed by atoms with Gasteiger partial charge in [-0.15, -0.1) is 0 Å². The Bertz CT molecular complexity index is 100. The van der Waals surface area contributed by atoms with Crippen LogP contribution in [-0.4, -0.2) is 30.1 Å². The molecule has 0 heterocycles. The van der Waals surface area contributed by atoms with E-state index in [2.05, 4.69) is 4.89 Å². The minimum atomic E-state index is -0.247. The van der Waals surface area contributed by atoms with Crippen molar-refractivity contribution < 1.29 is 14.9 Å². The summed E-state index contributed by atoms with van der Waals surface area (Å²) in [5, 5.41) is 8.13. The van der Waals surface area contributed by atoms with Crippen LogP contribution in [-0.2, 0) is 9.62 Å². The number of rotatable bonds is 4. The highest BCUT2D eigenvalue weighted by atomic mass is 17.1. The number of ether oxygens (including phenoxy) is 1. The first-order valence-corrected chi connectivity index (χ1v) is 3.64. The van der Waals surface area contributed by atoms with E-state index in [9.17, 15) is 0 Å². The molecule has 1 atom stereocenters. The monoisotopic (exact) mass is 163 g/mol. The Kier molecular flexibility index (Phi) is 4.60. The molecule has 0 unspecified atom stereocenters. The van der Waals surface area contributed by atoms with Gasteiger partial charge < -0.3 is 10.5 Å². The molecule has 0 rings (SSSR count). The molecule has 4 heteroatoms. The maximum Gasteiger partial charge on any atom is 0.109 e. The third-order valence-corrected chi connectivity index (χ3v) is 1.04. The quantitative estimate of drug-likeness (QED) is 0.471.